The zero-order chi connectivity index (χ0) is 12.9. The summed E-state index contributed by atoms with van der Waals surface area (Å²) in [7, 11) is 1.56. The van der Waals surface area contributed by atoms with Crippen molar-refractivity contribution in [3.63, 3.8) is 0 Å². The number of carbonyl (C=O) groups excluding carboxylic acids is 1. The zero-order valence-electron chi connectivity index (χ0n) is 10.9. The highest BCUT2D eigenvalue weighted by Crippen LogP contribution is 2.11. The number of hydrogen-bond acceptors (Lipinski definition) is 5. The van der Waals surface area contributed by atoms with Crippen molar-refractivity contribution in [2.24, 2.45) is 0 Å². The smallest absolute Gasteiger partial charge is 0.408 e. The van der Waals surface area contributed by atoms with Crippen LogP contribution in [0.4, 0.5) is 4.79 Å². The van der Waals surface area contributed by atoms with E-state index in [4.69, 9.17) is 14.2 Å². The van der Waals surface area contributed by atoms with Crippen molar-refractivity contribution >= 4 is 6.09 Å². The van der Waals surface area contributed by atoms with E-state index < -0.39 is 11.7 Å². The molecule has 1 aliphatic heterocycles. The number of nitrogens with one attached hydrogen (secondary N) is 2. The van der Waals surface area contributed by atoms with Crippen molar-refractivity contribution in [1.82, 2.24) is 10.6 Å². The maximum Gasteiger partial charge on any atom is 0.408 e. The molecule has 0 saturated carbocycles. The first kappa shape index (κ1) is 14.2. The summed E-state index contributed by atoms with van der Waals surface area (Å²) < 4.78 is 15.4. The van der Waals surface area contributed by atoms with Crippen molar-refractivity contribution < 1.29 is 19.0 Å². The molecule has 100 valence electrons. The third-order valence-electron chi connectivity index (χ3n) is 2.23. The molecule has 2 unspecified atom stereocenters. The lowest BCUT2D eigenvalue weighted by Crippen LogP contribution is -2.46. The molecule has 1 saturated heterocycles. The molecular formula is C11H22N2O4. The van der Waals surface area contributed by atoms with E-state index in [1.54, 1.807) is 7.11 Å². The van der Waals surface area contributed by atoms with E-state index in [9.17, 15) is 4.79 Å². The van der Waals surface area contributed by atoms with E-state index in [-0.39, 0.29) is 19.1 Å². The summed E-state index contributed by atoms with van der Waals surface area (Å²) in [5, 5.41) is 5.93. The number of methoxy groups -OCH3 is 1. The standard InChI is InChI=1S/C11H22N2O4/c1-11(2,3)17-10(14)13-8-5-6-12-9(8)16-7-15-4/h8-9,12H,5-7H2,1-4H3,(H,13,14). The molecule has 1 heterocycles. The van der Waals surface area contributed by atoms with Crippen LogP contribution in [-0.4, -0.2) is 44.4 Å². The van der Waals surface area contributed by atoms with Crippen LogP contribution in [0.1, 0.15) is 27.2 Å². The van der Waals surface area contributed by atoms with E-state index >= 15 is 0 Å². The average molecular weight is 246 g/mol. The first-order valence-corrected chi connectivity index (χ1v) is 5.76. The molecule has 2 atom stereocenters. The molecule has 6 nitrogen and oxygen atoms in total. The molecule has 0 spiro atoms. The van der Waals surface area contributed by atoms with Crippen LogP contribution < -0.4 is 10.6 Å². The lowest BCUT2D eigenvalue weighted by atomic mass is 10.2. The second-order valence-electron chi connectivity index (χ2n) is 4.99. The molecule has 1 amide bonds. The highest BCUT2D eigenvalue weighted by molar-refractivity contribution is 5.68. The van der Waals surface area contributed by atoms with Crippen molar-refractivity contribution in [2.75, 3.05) is 20.4 Å². The maximum atomic E-state index is 11.6. The number of ether oxygens (including phenoxy) is 3. The van der Waals surface area contributed by atoms with Crippen LogP contribution in [0, 0.1) is 0 Å². The van der Waals surface area contributed by atoms with E-state index in [0.717, 1.165) is 13.0 Å². The molecule has 0 aromatic rings. The number of rotatable bonds is 4. The second-order valence-corrected chi connectivity index (χ2v) is 4.99. The Kier molecular flexibility index (Phi) is 5.17. The number of amides is 1. The Labute approximate surface area is 102 Å². The normalized spacial score (nSPS) is 24.7. The lowest BCUT2D eigenvalue weighted by molar-refractivity contribution is -0.0846. The van der Waals surface area contributed by atoms with Crippen LogP contribution in [-0.2, 0) is 14.2 Å². The van der Waals surface area contributed by atoms with Gasteiger partial charge in [0.1, 0.15) is 18.6 Å². The van der Waals surface area contributed by atoms with E-state index in [2.05, 4.69) is 10.6 Å². The predicted molar refractivity (Wildman–Crippen MR) is 62.5 cm³/mol. The molecule has 0 aromatic heterocycles. The second kappa shape index (κ2) is 6.18. The van der Waals surface area contributed by atoms with Crippen molar-refractivity contribution in [3.8, 4) is 0 Å². The topological polar surface area (TPSA) is 68.8 Å². The van der Waals surface area contributed by atoms with Gasteiger partial charge < -0.3 is 19.5 Å². The summed E-state index contributed by atoms with van der Waals surface area (Å²) in [4.78, 5) is 11.6. The van der Waals surface area contributed by atoms with E-state index in [1.165, 1.54) is 0 Å². The minimum Gasteiger partial charge on any atom is -0.444 e. The van der Waals surface area contributed by atoms with E-state index in [1.807, 2.05) is 20.8 Å². The van der Waals surface area contributed by atoms with E-state index in [0.29, 0.717) is 0 Å². The van der Waals surface area contributed by atoms with Crippen molar-refractivity contribution in [3.05, 3.63) is 0 Å². The van der Waals surface area contributed by atoms with Gasteiger partial charge in [0, 0.05) is 7.11 Å². The van der Waals surface area contributed by atoms with Gasteiger partial charge in [-0.05, 0) is 33.7 Å². The number of alkyl carbamates (subject to hydrolysis) is 1. The minimum atomic E-state index is -0.487. The number of hydrogen-bond donors (Lipinski definition) is 2. The molecule has 17 heavy (non-hydrogen) atoms. The van der Waals surface area contributed by atoms with Crippen LogP contribution in [0.25, 0.3) is 0 Å². The fourth-order valence-corrected chi connectivity index (χ4v) is 1.60. The fourth-order valence-electron chi connectivity index (χ4n) is 1.60. The Bertz CT molecular complexity index is 252. The summed E-state index contributed by atoms with van der Waals surface area (Å²) in [6.45, 7) is 6.49. The molecule has 0 radical (unpaired) electrons. The monoisotopic (exact) mass is 246 g/mol. The molecule has 1 rings (SSSR count). The van der Waals surface area contributed by atoms with Crippen LogP contribution in [0.5, 0.6) is 0 Å². The minimum absolute atomic E-state index is 0.0833. The van der Waals surface area contributed by atoms with Gasteiger partial charge in [-0.15, -0.1) is 0 Å². The molecule has 1 fully saturated rings. The van der Waals surface area contributed by atoms with Crippen LogP contribution in [0.3, 0.4) is 0 Å². The SMILES string of the molecule is COCOC1NCCC1NC(=O)OC(C)(C)C. The Morgan fingerprint density at radius 1 is 1.47 bits per heavy atom. The Hall–Kier alpha value is -0.850. The lowest BCUT2D eigenvalue weighted by Gasteiger charge is -2.24. The van der Waals surface area contributed by atoms with Gasteiger partial charge in [-0.3, -0.25) is 5.32 Å². The van der Waals surface area contributed by atoms with Gasteiger partial charge in [-0.1, -0.05) is 0 Å². The third kappa shape index (κ3) is 5.34. The first-order chi connectivity index (χ1) is 7.92. The largest absolute Gasteiger partial charge is 0.444 e. The first-order valence-electron chi connectivity index (χ1n) is 5.76. The van der Waals surface area contributed by atoms with Gasteiger partial charge in [0.25, 0.3) is 0 Å². The Balaban J connectivity index is 2.36. The van der Waals surface area contributed by atoms with Gasteiger partial charge in [0.05, 0.1) is 6.04 Å². The van der Waals surface area contributed by atoms with Gasteiger partial charge in [0.15, 0.2) is 0 Å². The Morgan fingerprint density at radius 2 is 2.18 bits per heavy atom. The molecule has 1 aliphatic rings. The molecule has 0 aromatic carbocycles. The number of carbonyl (C=O) groups is 1. The predicted octanol–water partition coefficient (Wildman–Crippen LogP) is 0.820. The highest BCUT2D eigenvalue weighted by atomic mass is 16.7. The van der Waals surface area contributed by atoms with Crippen molar-refractivity contribution in [2.45, 2.75) is 45.1 Å². The molecule has 0 bridgehead atoms. The van der Waals surface area contributed by atoms with Gasteiger partial charge in [-0.2, -0.15) is 0 Å². The van der Waals surface area contributed by atoms with Crippen LogP contribution in [0.2, 0.25) is 0 Å². The fraction of sp³-hybridized carbons (Fsp3) is 0.909. The highest BCUT2D eigenvalue weighted by Gasteiger charge is 2.30. The summed E-state index contributed by atoms with van der Waals surface area (Å²) in [6.07, 6.45) is 0.174. The zero-order valence-corrected chi connectivity index (χ0v) is 10.9. The summed E-state index contributed by atoms with van der Waals surface area (Å²) in [5.41, 5.74) is -0.487. The summed E-state index contributed by atoms with van der Waals surface area (Å²) >= 11 is 0. The van der Waals surface area contributed by atoms with Crippen molar-refractivity contribution in [1.29, 1.82) is 0 Å². The van der Waals surface area contributed by atoms with Crippen LogP contribution in [0.15, 0.2) is 0 Å². The quantitative estimate of drug-likeness (QED) is 0.719. The Morgan fingerprint density at radius 3 is 2.76 bits per heavy atom. The van der Waals surface area contributed by atoms with Gasteiger partial charge in [0.2, 0.25) is 0 Å². The third-order valence-corrected chi connectivity index (χ3v) is 2.23. The molecule has 2 N–H and O–H groups in total. The average Bonchev–Trinajstić information content (AvgIpc) is 2.59. The summed E-state index contributed by atoms with van der Waals surface area (Å²) in [5.74, 6) is 0. The molecule has 0 aliphatic carbocycles. The molecular weight excluding hydrogens is 224 g/mol. The maximum absolute atomic E-state index is 11.6. The van der Waals surface area contributed by atoms with Gasteiger partial charge >= 0.3 is 6.09 Å². The molecule has 6 heteroatoms. The summed E-state index contributed by atoms with van der Waals surface area (Å²) in [6, 6.07) is -0.0833. The van der Waals surface area contributed by atoms with Crippen LogP contribution >= 0.6 is 0 Å². The van der Waals surface area contributed by atoms with Gasteiger partial charge in [-0.25, -0.2) is 4.79 Å².